The Balaban J connectivity index is 2.03. The number of benzene rings is 2. The average Bonchev–Trinajstić information content (AvgIpc) is 2.76. The third-order valence-corrected chi connectivity index (χ3v) is 4.74. The van der Waals surface area contributed by atoms with E-state index >= 15 is 0 Å². The first-order valence-corrected chi connectivity index (χ1v) is 9.82. The van der Waals surface area contributed by atoms with E-state index in [1.807, 2.05) is 13.8 Å². The van der Waals surface area contributed by atoms with Crippen LogP contribution in [-0.2, 0) is 0 Å². The average molecular weight is 409 g/mol. The lowest BCUT2D eigenvalue weighted by molar-refractivity contribution is 0.0869. The van der Waals surface area contributed by atoms with Crippen LogP contribution in [0.4, 0.5) is 5.69 Å². The Hall–Kier alpha value is -3.34. The molecule has 7 nitrogen and oxygen atoms in total. The van der Waals surface area contributed by atoms with Crippen molar-refractivity contribution in [3.05, 3.63) is 58.7 Å². The summed E-state index contributed by atoms with van der Waals surface area (Å²) in [5.41, 5.74) is 7.94. The zero-order valence-corrected chi connectivity index (χ0v) is 17.3. The summed E-state index contributed by atoms with van der Waals surface area (Å²) < 4.78 is 0. The number of aliphatic hydroxyl groups is 1. The molecule has 0 aliphatic heterocycles. The number of anilines is 1. The number of phenolic OH excluding ortho intramolecular Hbond substituents is 1. The number of aliphatic hydroxyl groups excluding tert-OH is 1. The maximum atomic E-state index is 12.3. The molecule has 1 atom stereocenters. The lowest BCUT2D eigenvalue weighted by Gasteiger charge is -2.22. The van der Waals surface area contributed by atoms with Crippen LogP contribution in [0.25, 0.3) is 0 Å². The fraction of sp³-hybridized carbons (Fsp3) is 0.304. The molecule has 0 saturated heterocycles. The molecule has 2 aromatic carbocycles. The number of hydrogen-bond donors (Lipinski definition) is 5. The van der Waals surface area contributed by atoms with Gasteiger partial charge in [-0.3, -0.25) is 4.79 Å². The number of carbonyl (C=O) groups excluding carboxylic acids is 1. The highest BCUT2D eigenvalue weighted by molar-refractivity contribution is 5.94. The van der Waals surface area contributed by atoms with Gasteiger partial charge in [-0.2, -0.15) is 0 Å². The van der Waals surface area contributed by atoms with Gasteiger partial charge in [-0.1, -0.05) is 25.7 Å². The first kappa shape index (κ1) is 22.9. The summed E-state index contributed by atoms with van der Waals surface area (Å²) in [5.74, 6) is 5.43. The fourth-order valence-electron chi connectivity index (χ4n) is 2.91. The first-order valence-electron chi connectivity index (χ1n) is 9.82. The quantitative estimate of drug-likeness (QED) is 0.197. The van der Waals surface area contributed by atoms with Crippen LogP contribution in [0.1, 0.15) is 40.9 Å². The summed E-state index contributed by atoms with van der Waals surface area (Å²) >= 11 is 0. The number of phenols is 1. The van der Waals surface area contributed by atoms with Crippen molar-refractivity contribution in [3.63, 3.8) is 0 Å². The van der Waals surface area contributed by atoms with Crippen LogP contribution in [-0.4, -0.2) is 59.5 Å². The zero-order chi connectivity index (χ0) is 22.1. The largest absolute Gasteiger partial charge is 0.507 e. The van der Waals surface area contributed by atoms with Crippen molar-refractivity contribution in [1.29, 1.82) is 5.41 Å². The predicted molar refractivity (Wildman–Crippen MR) is 119 cm³/mol. The fourth-order valence-corrected chi connectivity index (χ4v) is 2.91. The summed E-state index contributed by atoms with van der Waals surface area (Å²) in [6.07, 6.45) is 0.425. The van der Waals surface area contributed by atoms with Crippen LogP contribution < -0.4 is 11.1 Å². The number of amides is 1. The Morgan fingerprint density at radius 3 is 2.47 bits per heavy atom. The summed E-state index contributed by atoms with van der Waals surface area (Å²) in [5, 5.41) is 30.3. The second kappa shape index (κ2) is 11.0. The normalized spacial score (nSPS) is 11.5. The van der Waals surface area contributed by atoms with Crippen LogP contribution in [0.5, 0.6) is 5.75 Å². The second-order valence-electron chi connectivity index (χ2n) is 6.78. The predicted octanol–water partition coefficient (Wildman–Crippen LogP) is 1.80. The minimum absolute atomic E-state index is 0.0468. The van der Waals surface area contributed by atoms with Crippen LogP contribution in [0, 0.1) is 17.3 Å². The molecule has 1 unspecified atom stereocenters. The summed E-state index contributed by atoms with van der Waals surface area (Å²) in [7, 11) is 0. The van der Waals surface area contributed by atoms with Gasteiger partial charge in [0.1, 0.15) is 5.75 Å². The molecule has 158 valence electrons. The van der Waals surface area contributed by atoms with Crippen molar-refractivity contribution in [2.75, 3.05) is 31.9 Å². The third-order valence-electron chi connectivity index (χ3n) is 4.74. The topological polar surface area (TPSA) is 123 Å². The van der Waals surface area contributed by atoms with Gasteiger partial charge >= 0.3 is 0 Å². The Morgan fingerprint density at radius 1 is 1.20 bits per heavy atom. The van der Waals surface area contributed by atoms with Crippen LogP contribution in [0.15, 0.2) is 36.4 Å². The van der Waals surface area contributed by atoms with E-state index in [9.17, 15) is 15.0 Å². The van der Waals surface area contributed by atoms with Gasteiger partial charge in [-0.15, -0.1) is 0 Å². The molecule has 0 saturated carbocycles. The number of rotatable bonds is 8. The number of carbonyl (C=O) groups is 1. The number of nitrogens with two attached hydrogens (primary N) is 1. The van der Waals surface area contributed by atoms with Crippen LogP contribution >= 0.6 is 0 Å². The van der Waals surface area contributed by atoms with E-state index in [0.717, 1.165) is 19.3 Å². The summed E-state index contributed by atoms with van der Waals surface area (Å²) in [6.45, 7) is 6.43. The molecular formula is C23H28N4O3. The van der Waals surface area contributed by atoms with Crippen molar-refractivity contribution >= 4 is 17.8 Å². The van der Waals surface area contributed by atoms with Crippen molar-refractivity contribution < 1.29 is 15.0 Å². The molecule has 0 heterocycles. The van der Waals surface area contributed by atoms with Crippen molar-refractivity contribution in [3.8, 4) is 17.6 Å². The highest BCUT2D eigenvalue weighted by atomic mass is 16.3. The minimum Gasteiger partial charge on any atom is -0.507 e. The first-order chi connectivity index (χ1) is 14.4. The van der Waals surface area contributed by atoms with Gasteiger partial charge in [-0.25, -0.2) is 0 Å². The highest BCUT2D eigenvalue weighted by Crippen LogP contribution is 2.24. The number of hydrogen-bond acceptors (Lipinski definition) is 6. The van der Waals surface area contributed by atoms with Gasteiger partial charge < -0.3 is 31.6 Å². The Morgan fingerprint density at radius 2 is 1.87 bits per heavy atom. The van der Waals surface area contributed by atoms with E-state index < -0.39 is 6.10 Å². The molecule has 0 spiro atoms. The maximum Gasteiger partial charge on any atom is 0.251 e. The minimum atomic E-state index is -0.631. The van der Waals surface area contributed by atoms with E-state index in [0.29, 0.717) is 28.9 Å². The van der Waals surface area contributed by atoms with Gasteiger partial charge in [0.25, 0.3) is 5.91 Å². The third kappa shape index (κ3) is 6.08. The molecule has 1 amide bonds. The summed E-state index contributed by atoms with van der Waals surface area (Å²) in [4.78, 5) is 14.4. The number of nitrogens with zero attached hydrogens (tertiary/aromatic N) is 1. The molecule has 0 fully saturated rings. The van der Waals surface area contributed by atoms with Crippen LogP contribution in [0.2, 0.25) is 0 Å². The number of aromatic hydroxyl groups is 1. The Kier molecular flexibility index (Phi) is 8.41. The molecule has 0 aromatic heterocycles. The maximum absolute atomic E-state index is 12.3. The zero-order valence-electron chi connectivity index (χ0n) is 17.3. The van der Waals surface area contributed by atoms with E-state index in [2.05, 4.69) is 22.1 Å². The molecule has 0 radical (unpaired) electrons. The lowest BCUT2D eigenvalue weighted by Crippen LogP contribution is -2.40. The molecule has 2 rings (SSSR count). The molecular weight excluding hydrogens is 380 g/mol. The number of nitrogens with one attached hydrogen (secondary N) is 2. The lowest BCUT2D eigenvalue weighted by atomic mass is 10.0. The highest BCUT2D eigenvalue weighted by Gasteiger charge is 2.12. The standard InChI is InChI=1S/C23H28N4O3/c1-3-27(4-2)15-18(28)14-26-23(30)17-8-5-16(6-9-17)7-10-19-20(13-24)21(25)11-12-22(19)29/h5-6,8-9,11-13,18,24,28-29H,3-4,14-15,25H2,1-2H3,(H,26,30). The van der Waals surface area contributed by atoms with E-state index in [1.54, 1.807) is 24.3 Å². The van der Waals surface area contributed by atoms with Gasteiger partial charge in [0.15, 0.2) is 0 Å². The van der Waals surface area contributed by atoms with Crippen molar-refractivity contribution in [2.45, 2.75) is 20.0 Å². The molecule has 7 heteroatoms. The van der Waals surface area contributed by atoms with Gasteiger partial charge in [0.2, 0.25) is 0 Å². The molecule has 6 N–H and O–H groups in total. The van der Waals surface area contributed by atoms with Crippen molar-refractivity contribution in [2.24, 2.45) is 0 Å². The Labute approximate surface area is 177 Å². The molecule has 0 aliphatic rings. The molecule has 0 bridgehead atoms. The van der Waals surface area contributed by atoms with E-state index in [-0.39, 0.29) is 23.8 Å². The molecule has 0 aliphatic carbocycles. The number of nitrogen functional groups attached to an aromatic ring is 1. The van der Waals surface area contributed by atoms with E-state index in [1.165, 1.54) is 12.1 Å². The number of likely N-dealkylation sites (N-methyl/N-ethyl adjacent to an activating group) is 1. The second-order valence-corrected chi connectivity index (χ2v) is 6.78. The van der Waals surface area contributed by atoms with Crippen molar-refractivity contribution in [1.82, 2.24) is 10.2 Å². The Bertz CT molecular complexity index is 941. The van der Waals surface area contributed by atoms with Gasteiger partial charge in [0.05, 0.1) is 11.7 Å². The summed E-state index contributed by atoms with van der Waals surface area (Å²) in [6, 6.07) is 9.64. The monoisotopic (exact) mass is 408 g/mol. The molecule has 30 heavy (non-hydrogen) atoms. The smallest absolute Gasteiger partial charge is 0.251 e. The van der Waals surface area contributed by atoms with Gasteiger partial charge in [0, 0.05) is 41.7 Å². The van der Waals surface area contributed by atoms with Crippen LogP contribution in [0.3, 0.4) is 0 Å². The van der Waals surface area contributed by atoms with Gasteiger partial charge in [-0.05, 0) is 49.5 Å². The SMILES string of the molecule is CCN(CC)CC(O)CNC(=O)c1ccc(C#Cc2c(O)ccc(N)c2C=N)cc1. The molecule has 2 aromatic rings. The van der Waals surface area contributed by atoms with E-state index in [4.69, 9.17) is 11.1 Å².